The Bertz CT molecular complexity index is 616. The molecule has 0 atom stereocenters. The molecule has 1 aliphatic carbocycles. The van der Waals surface area contributed by atoms with Crippen molar-refractivity contribution in [1.82, 2.24) is 4.31 Å². The number of hydrogen-bond acceptors (Lipinski definition) is 2. The molecule has 0 fully saturated rings. The van der Waals surface area contributed by atoms with Crippen LogP contribution in [0.5, 0.6) is 0 Å². The highest BCUT2D eigenvalue weighted by Crippen LogP contribution is 2.27. The zero-order valence-electron chi connectivity index (χ0n) is 11.2. The van der Waals surface area contributed by atoms with Crippen LogP contribution in [0.25, 0.3) is 0 Å². The third-order valence-corrected chi connectivity index (χ3v) is 5.41. The number of halogens is 4. The Balaban J connectivity index is 2.33. The summed E-state index contributed by atoms with van der Waals surface area (Å²) in [6, 6.07) is 4.54. The number of rotatable bonds is 5. The molecule has 1 aliphatic rings. The molecule has 1 aromatic rings. The van der Waals surface area contributed by atoms with Crippen LogP contribution in [0.4, 0.5) is 13.2 Å². The van der Waals surface area contributed by atoms with Crippen molar-refractivity contribution in [3.05, 3.63) is 29.3 Å². The topological polar surface area (TPSA) is 37.4 Å². The molecule has 0 saturated carbocycles. The lowest BCUT2D eigenvalue weighted by Gasteiger charge is -2.22. The van der Waals surface area contributed by atoms with E-state index in [1.165, 1.54) is 12.1 Å². The summed E-state index contributed by atoms with van der Waals surface area (Å²) in [7, 11) is -4.19. The summed E-state index contributed by atoms with van der Waals surface area (Å²) in [4.78, 5) is -0.0995. The van der Waals surface area contributed by atoms with Crippen molar-refractivity contribution in [2.75, 3.05) is 19.0 Å². The van der Waals surface area contributed by atoms with E-state index < -0.39 is 22.7 Å². The fourth-order valence-corrected chi connectivity index (χ4v) is 4.22. The fraction of sp³-hybridized carbons (Fsp3) is 0.538. The van der Waals surface area contributed by atoms with Crippen molar-refractivity contribution >= 4 is 21.6 Å². The minimum absolute atomic E-state index is 0.0995. The molecule has 0 heterocycles. The van der Waals surface area contributed by atoms with Gasteiger partial charge in [0.25, 0.3) is 0 Å². The molecule has 0 amide bonds. The second kappa shape index (κ2) is 6.14. The summed E-state index contributed by atoms with van der Waals surface area (Å²) in [5.74, 6) is -0.194. The zero-order valence-corrected chi connectivity index (χ0v) is 12.7. The second-order valence-corrected chi connectivity index (χ2v) is 7.24. The number of alkyl halides is 4. The summed E-state index contributed by atoms with van der Waals surface area (Å²) in [6.07, 6.45) is -2.03. The Morgan fingerprint density at radius 2 is 1.86 bits per heavy atom. The molecule has 0 radical (unpaired) electrons. The smallest absolute Gasteiger partial charge is 0.207 e. The monoisotopic (exact) mass is 341 g/mol. The summed E-state index contributed by atoms with van der Waals surface area (Å²) in [6.45, 7) is -1.90. The second-order valence-electron chi connectivity index (χ2n) is 4.93. The van der Waals surface area contributed by atoms with Gasteiger partial charge in [-0.25, -0.2) is 8.42 Å². The van der Waals surface area contributed by atoms with E-state index in [1.807, 2.05) is 0 Å². The Morgan fingerprint density at radius 1 is 1.19 bits per heavy atom. The van der Waals surface area contributed by atoms with E-state index in [0.29, 0.717) is 4.31 Å². The highest BCUT2D eigenvalue weighted by molar-refractivity contribution is 7.89. The largest absolute Gasteiger partial charge is 0.402 e. The first-order chi connectivity index (χ1) is 9.74. The van der Waals surface area contributed by atoms with E-state index in [-0.39, 0.29) is 17.3 Å². The van der Waals surface area contributed by atoms with E-state index >= 15 is 0 Å². The first kappa shape index (κ1) is 16.6. The van der Waals surface area contributed by atoms with Crippen LogP contribution in [0.3, 0.4) is 0 Å². The van der Waals surface area contributed by atoms with Gasteiger partial charge in [0.2, 0.25) is 10.0 Å². The van der Waals surface area contributed by atoms with Gasteiger partial charge >= 0.3 is 6.18 Å². The number of nitrogens with zero attached hydrogens (tertiary/aromatic N) is 1. The molecule has 21 heavy (non-hydrogen) atoms. The molecule has 0 saturated heterocycles. The van der Waals surface area contributed by atoms with E-state index in [1.54, 1.807) is 6.07 Å². The third kappa shape index (κ3) is 3.90. The minimum atomic E-state index is -4.60. The summed E-state index contributed by atoms with van der Waals surface area (Å²) >= 11 is 5.44. The predicted octanol–water partition coefficient (Wildman–Crippen LogP) is 2.97. The van der Waals surface area contributed by atoms with Gasteiger partial charge in [0.1, 0.15) is 6.54 Å². The van der Waals surface area contributed by atoms with Crippen molar-refractivity contribution in [3.8, 4) is 0 Å². The van der Waals surface area contributed by atoms with Crippen molar-refractivity contribution in [1.29, 1.82) is 0 Å². The molecule has 1 aromatic carbocycles. The normalized spacial score (nSPS) is 15.5. The highest BCUT2D eigenvalue weighted by Gasteiger charge is 2.37. The first-order valence-electron chi connectivity index (χ1n) is 6.49. The van der Waals surface area contributed by atoms with Crippen LogP contribution in [0.1, 0.15) is 17.5 Å². The molecule has 0 aliphatic heterocycles. The van der Waals surface area contributed by atoms with Crippen molar-refractivity contribution in [3.63, 3.8) is 0 Å². The maximum Gasteiger partial charge on any atom is 0.402 e. The standard InChI is InChI=1S/C13H15ClF3NO2S/c14-6-7-18(9-13(15,16)17)21(19,20)12-5-4-10-2-1-3-11(10)8-12/h4-5,8H,1-3,6-7,9H2. The van der Waals surface area contributed by atoms with Gasteiger partial charge in [0.15, 0.2) is 0 Å². The van der Waals surface area contributed by atoms with Crippen molar-refractivity contribution in [2.45, 2.75) is 30.3 Å². The Kier molecular flexibility index (Phi) is 4.85. The lowest BCUT2D eigenvalue weighted by atomic mass is 10.1. The molecule has 3 nitrogen and oxygen atoms in total. The number of aryl methyl sites for hydroxylation is 2. The van der Waals surface area contributed by atoms with Crippen molar-refractivity contribution < 1.29 is 21.6 Å². The molecular formula is C13H15ClF3NO2S. The molecule has 0 N–H and O–H groups in total. The van der Waals surface area contributed by atoms with Gasteiger partial charge in [-0.3, -0.25) is 0 Å². The number of hydrogen-bond donors (Lipinski definition) is 0. The van der Waals surface area contributed by atoms with Crippen LogP contribution < -0.4 is 0 Å². The summed E-state index contributed by atoms with van der Waals surface area (Å²) in [5, 5.41) is 0. The Hall–Kier alpha value is -0.790. The van der Waals surface area contributed by atoms with Gasteiger partial charge in [-0.1, -0.05) is 6.07 Å². The summed E-state index contributed by atoms with van der Waals surface area (Å²) < 4.78 is 62.8. The van der Waals surface area contributed by atoms with Crippen LogP contribution in [-0.2, 0) is 22.9 Å². The predicted molar refractivity (Wildman–Crippen MR) is 74.0 cm³/mol. The average Bonchev–Trinajstić information content (AvgIpc) is 2.83. The van der Waals surface area contributed by atoms with Gasteiger partial charge in [0, 0.05) is 12.4 Å². The van der Waals surface area contributed by atoms with Crippen LogP contribution in [0.15, 0.2) is 23.1 Å². The SMILES string of the molecule is O=S(=O)(c1ccc2c(c1)CCC2)N(CCCl)CC(F)(F)F. The highest BCUT2D eigenvalue weighted by atomic mass is 35.5. The van der Waals surface area contributed by atoms with Crippen LogP contribution >= 0.6 is 11.6 Å². The molecule has 0 spiro atoms. The van der Waals surface area contributed by atoms with Crippen LogP contribution in [-0.4, -0.2) is 37.9 Å². The number of fused-ring (bicyclic) bond motifs is 1. The van der Waals surface area contributed by atoms with Gasteiger partial charge in [-0.05, 0) is 42.5 Å². The number of benzene rings is 1. The third-order valence-electron chi connectivity index (χ3n) is 3.40. The molecule has 8 heteroatoms. The number of sulfonamides is 1. The Labute approximate surface area is 126 Å². The zero-order chi connectivity index (χ0) is 15.7. The maximum absolute atomic E-state index is 12.5. The van der Waals surface area contributed by atoms with Gasteiger partial charge in [-0.2, -0.15) is 17.5 Å². The average molecular weight is 342 g/mol. The van der Waals surface area contributed by atoms with Crippen LogP contribution in [0, 0.1) is 0 Å². The molecule has 118 valence electrons. The van der Waals surface area contributed by atoms with E-state index in [0.717, 1.165) is 30.4 Å². The van der Waals surface area contributed by atoms with Crippen LogP contribution in [0.2, 0.25) is 0 Å². The van der Waals surface area contributed by atoms with E-state index in [9.17, 15) is 21.6 Å². The van der Waals surface area contributed by atoms with Crippen molar-refractivity contribution in [2.24, 2.45) is 0 Å². The van der Waals surface area contributed by atoms with E-state index in [2.05, 4.69) is 0 Å². The Morgan fingerprint density at radius 3 is 2.48 bits per heavy atom. The van der Waals surface area contributed by atoms with E-state index in [4.69, 9.17) is 11.6 Å². The minimum Gasteiger partial charge on any atom is -0.207 e. The first-order valence-corrected chi connectivity index (χ1v) is 8.46. The fourth-order valence-electron chi connectivity index (χ4n) is 2.44. The van der Waals surface area contributed by atoms with Gasteiger partial charge in [-0.15, -0.1) is 11.6 Å². The molecule has 0 aromatic heterocycles. The van der Waals surface area contributed by atoms with Gasteiger partial charge < -0.3 is 0 Å². The lowest BCUT2D eigenvalue weighted by molar-refractivity contribution is -0.135. The molecular weight excluding hydrogens is 327 g/mol. The summed E-state index contributed by atoms with van der Waals surface area (Å²) in [5.41, 5.74) is 1.96. The van der Waals surface area contributed by atoms with Gasteiger partial charge in [0.05, 0.1) is 4.90 Å². The lowest BCUT2D eigenvalue weighted by Crippen LogP contribution is -2.40. The molecule has 0 bridgehead atoms. The molecule has 0 unspecified atom stereocenters. The quantitative estimate of drug-likeness (QED) is 0.772. The molecule has 2 rings (SSSR count). The maximum atomic E-state index is 12.5.